The third-order valence-electron chi connectivity index (χ3n) is 3.66. The zero-order valence-electron chi connectivity index (χ0n) is 11.6. The van der Waals surface area contributed by atoms with E-state index in [9.17, 15) is 13.2 Å². The van der Waals surface area contributed by atoms with Crippen LogP contribution in [-0.2, 0) is 10.0 Å². The average molecular weight is 317 g/mol. The van der Waals surface area contributed by atoms with Crippen LogP contribution in [0.5, 0.6) is 0 Å². The molecular formula is C13H19NO6S. The number of nitrogens with zero attached hydrogens (tertiary/aromatic N) is 1. The second-order valence-electron chi connectivity index (χ2n) is 5.06. The summed E-state index contributed by atoms with van der Waals surface area (Å²) in [6.45, 7) is -0.307. The second-order valence-corrected chi connectivity index (χ2v) is 6.88. The quantitative estimate of drug-likeness (QED) is 0.818. The van der Waals surface area contributed by atoms with Gasteiger partial charge < -0.3 is 14.6 Å². The van der Waals surface area contributed by atoms with Crippen LogP contribution in [0.4, 0.5) is 0 Å². The van der Waals surface area contributed by atoms with Gasteiger partial charge in [0.1, 0.15) is 0 Å². The lowest BCUT2D eigenvalue weighted by molar-refractivity contribution is 0.0656. The molecule has 1 heterocycles. The molecule has 21 heavy (non-hydrogen) atoms. The molecule has 1 aliphatic carbocycles. The number of aliphatic hydroxyl groups is 1. The van der Waals surface area contributed by atoms with Gasteiger partial charge in [-0.15, -0.1) is 0 Å². The highest BCUT2D eigenvalue weighted by molar-refractivity contribution is 7.89. The minimum atomic E-state index is -3.93. The molecule has 0 radical (unpaired) electrons. The number of aromatic carboxylic acids is 1. The van der Waals surface area contributed by atoms with Gasteiger partial charge in [0.2, 0.25) is 10.9 Å². The monoisotopic (exact) mass is 317 g/mol. The average Bonchev–Trinajstić information content (AvgIpc) is 2.96. The zero-order valence-corrected chi connectivity index (χ0v) is 12.4. The van der Waals surface area contributed by atoms with Crippen molar-refractivity contribution in [2.75, 3.05) is 13.2 Å². The number of aliphatic hydroxyl groups excluding tert-OH is 1. The minimum Gasteiger partial charge on any atom is -0.475 e. The zero-order chi connectivity index (χ0) is 15.5. The van der Waals surface area contributed by atoms with Crippen molar-refractivity contribution in [3.8, 4) is 0 Å². The molecule has 0 aromatic carbocycles. The molecule has 0 bridgehead atoms. The maximum atomic E-state index is 12.6. The van der Waals surface area contributed by atoms with E-state index in [4.69, 9.17) is 14.6 Å². The summed E-state index contributed by atoms with van der Waals surface area (Å²) in [5, 5.41) is 17.6. The van der Waals surface area contributed by atoms with Crippen LogP contribution in [0.2, 0.25) is 0 Å². The topological polar surface area (TPSA) is 108 Å². The molecule has 0 spiro atoms. The number of furan rings is 1. The van der Waals surface area contributed by atoms with Crippen molar-refractivity contribution in [1.82, 2.24) is 4.31 Å². The van der Waals surface area contributed by atoms with Gasteiger partial charge in [0.15, 0.2) is 0 Å². The van der Waals surface area contributed by atoms with Crippen LogP contribution in [-0.4, -0.2) is 48.1 Å². The summed E-state index contributed by atoms with van der Waals surface area (Å²) >= 11 is 0. The van der Waals surface area contributed by atoms with Gasteiger partial charge in [-0.2, -0.15) is 4.31 Å². The first-order chi connectivity index (χ1) is 9.96. The van der Waals surface area contributed by atoms with Gasteiger partial charge in [-0.05, 0) is 25.0 Å². The summed E-state index contributed by atoms with van der Waals surface area (Å²) in [5.41, 5.74) is 0. The van der Waals surface area contributed by atoms with Crippen LogP contribution in [0.25, 0.3) is 0 Å². The number of hydrogen-bond acceptors (Lipinski definition) is 5. The molecule has 2 rings (SSSR count). The normalized spacial score (nSPS) is 17.2. The molecule has 1 aromatic heterocycles. The second kappa shape index (κ2) is 6.59. The molecule has 0 saturated heterocycles. The molecule has 8 heteroatoms. The predicted molar refractivity (Wildman–Crippen MR) is 73.5 cm³/mol. The van der Waals surface area contributed by atoms with E-state index in [0.29, 0.717) is 0 Å². The largest absolute Gasteiger partial charge is 0.475 e. The van der Waals surface area contributed by atoms with Gasteiger partial charge >= 0.3 is 5.97 Å². The maximum absolute atomic E-state index is 12.6. The number of carboxylic acid groups (broad SMARTS) is 1. The van der Waals surface area contributed by atoms with E-state index in [0.717, 1.165) is 44.2 Å². The summed E-state index contributed by atoms with van der Waals surface area (Å²) < 4.78 is 31.3. The Morgan fingerprint density at radius 2 is 1.95 bits per heavy atom. The molecule has 0 atom stereocenters. The standard InChI is InChI=1S/C13H19NO6S/c15-9-8-14(10-4-2-1-3-5-10)21(18,19)12-7-6-11(20-12)13(16)17/h6-7,10,15H,1-5,8-9H2,(H,16,17). The van der Waals surface area contributed by atoms with E-state index in [1.807, 2.05) is 0 Å². The molecule has 7 nitrogen and oxygen atoms in total. The smallest absolute Gasteiger partial charge is 0.371 e. The Morgan fingerprint density at radius 1 is 1.29 bits per heavy atom. The third kappa shape index (κ3) is 3.45. The van der Waals surface area contributed by atoms with Crippen LogP contribution in [0.1, 0.15) is 42.7 Å². The van der Waals surface area contributed by atoms with Gasteiger partial charge in [-0.25, -0.2) is 13.2 Å². The molecule has 1 aromatic rings. The summed E-state index contributed by atoms with van der Waals surface area (Å²) in [6, 6.07) is 2.09. The van der Waals surface area contributed by atoms with Crippen molar-refractivity contribution in [3.05, 3.63) is 17.9 Å². The molecule has 118 valence electrons. The van der Waals surface area contributed by atoms with E-state index in [2.05, 4.69) is 0 Å². The van der Waals surface area contributed by atoms with Crippen molar-refractivity contribution >= 4 is 16.0 Å². The van der Waals surface area contributed by atoms with E-state index in [1.165, 1.54) is 4.31 Å². The van der Waals surface area contributed by atoms with Crippen molar-refractivity contribution in [2.24, 2.45) is 0 Å². The highest BCUT2D eigenvalue weighted by Crippen LogP contribution is 2.28. The van der Waals surface area contributed by atoms with E-state index >= 15 is 0 Å². The summed E-state index contributed by atoms with van der Waals surface area (Å²) in [6.07, 6.45) is 4.45. The molecular weight excluding hydrogens is 298 g/mol. The van der Waals surface area contributed by atoms with Crippen molar-refractivity contribution in [3.63, 3.8) is 0 Å². The Bertz CT molecular complexity index is 588. The SMILES string of the molecule is O=C(O)c1ccc(S(=O)(=O)N(CCO)C2CCCCC2)o1. The van der Waals surface area contributed by atoms with Crippen LogP contribution in [0.15, 0.2) is 21.6 Å². The minimum absolute atomic E-state index is 0.0178. The van der Waals surface area contributed by atoms with Gasteiger partial charge in [0, 0.05) is 12.6 Å². The predicted octanol–water partition coefficient (Wildman–Crippen LogP) is 1.29. The van der Waals surface area contributed by atoms with Crippen molar-refractivity contribution in [2.45, 2.75) is 43.2 Å². The van der Waals surface area contributed by atoms with Crippen LogP contribution < -0.4 is 0 Å². The summed E-state index contributed by atoms with van der Waals surface area (Å²) in [5.74, 6) is -1.73. The molecule has 1 aliphatic rings. The van der Waals surface area contributed by atoms with Gasteiger partial charge in [0.05, 0.1) is 6.61 Å². The highest BCUT2D eigenvalue weighted by Gasteiger charge is 2.34. The fraction of sp³-hybridized carbons (Fsp3) is 0.615. The van der Waals surface area contributed by atoms with Crippen molar-refractivity contribution in [1.29, 1.82) is 0 Å². The van der Waals surface area contributed by atoms with Gasteiger partial charge in [-0.1, -0.05) is 19.3 Å². The fourth-order valence-electron chi connectivity index (χ4n) is 2.66. The van der Waals surface area contributed by atoms with Gasteiger partial charge in [0.25, 0.3) is 10.0 Å². The molecule has 0 aliphatic heterocycles. The number of carbonyl (C=O) groups is 1. The van der Waals surface area contributed by atoms with Crippen LogP contribution in [0, 0.1) is 0 Å². The summed E-state index contributed by atoms with van der Waals surface area (Å²) in [4.78, 5) is 10.8. The number of rotatable bonds is 6. The maximum Gasteiger partial charge on any atom is 0.371 e. The molecule has 1 saturated carbocycles. The number of carboxylic acids is 1. The van der Waals surface area contributed by atoms with Crippen molar-refractivity contribution < 1.29 is 27.8 Å². The Balaban J connectivity index is 2.29. The first-order valence-corrected chi connectivity index (χ1v) is 8.36. The Kier molecular flexibility index (Phi) is 5.02. The lowest BCUT2D eigenvalue weighted by Gasteiger charge is -2.32. The first-order valence-electron chi connectivity index (χ1n) is 6.92. The lowest BCUT2D eigenvalue weighted by Crippen LogP contribution is -2.42. The Labute approximate surface area is 123 Å². The van der Waals surface area contributed by atoms with E-state index in [1.54, 1.807) is 0 Å². The number of sulfonamides is 1. The van der Waals surface area contributed by atoms with E-state index < -0.39 is 21.8 Å². The van der Waals surface area contributed by atoms with Crippen LogP contribution >= 0.6 is 0 Å². The fourth-order valence-corrected chi connectivity index (χ4v) is 4.25. The summed E-state index contributed by atoms with van der Waals surface area (Å²) in [7, 11) is -3.93. The Hall–Kier alpha value is -1.38. The highest BCUT2D eigenvalue weighted by atomic mass is 32.2. The molecule has 1 fully saturated rings. The third-order valence-corrected chi connectivity index (χ3v) is 5.48. The van der Waals surface area contributed by atoms with Gasteiger partial charge in [-0.3, -0.25) is 0 Å². The lowest BCUT2D eigenvalue weighted by atomic mass is 9.95. The Morgan fingerprint density at radius 3 is 2.48 bits per heavy atom. The molecule has 0 amide bonds. The number of hydrogen-bond donors (Lipinski definition) is 2. The molecule has 2 N–H and O–H groups in total. The molecule has 0 unspecified atom stereocenters. The van der Waals surface area contributed by atoms with Crippen LogP contribution in [0.3, 0.4) is 0 Å². The first kappa shape index (κ1) is 16.0. The van der Waals surface area contributed by atoms with E-state index in [-0.39, 0.29) is 24.3 Å².